The lowest BCUT2D eigenvalue weighted by Crippen LogP contribution is -1.95. The van der Waals surface area contributed by atoms with Crippen LogP contribution in [0.15, 0.2) is 59.2 Å². The number of hydrogen-bond acceptors (Lipinski definition) is 5. The second-order valence-electron chi connectivity index (χ2n) is 5.51. The van der Waals surface area contributed by atoms with Gasteiger partial charge in [-0.15, -0.1) is 10.2 Å². The normalized spacial score (nSPS) is 11.9. The van der Waals surface area contributed by atoms with E-state index in [2.05, 4.69) is 15.2 Å². The zero-order valence-electron chi connectivity index (χ0n) is 15.1. The first-order valence-electron chi connectivity index (χ1n) is 8.71. The second-order valence-corrected chi connectivity index (χ2v) is 5.51. The van der Waals surface area contributed by atoms with Gasteiger partial charge < -0.3 is 9.52 Å². The van der Waals surface area contributed by atoms with Gasteiger partial charge in [0, 0.05) is 17.3 Å². The number of rotatable bonds is 3. The van der Waals surface area contributed by atoms with Gasteiger partial charge in [0.05, 0.1) is 11.3 Å². The minimum atomic E-state index is -1.00. The Morgan fingerprint density at radius 3 is 2.74 bits per heavy atom. The largest absolute Gasteiger partial charge is 0.478 e. The number of fused-ring (bicyclic) bond motifs is 1. The molecule has 0 atom stereocenters. The Hall–Kier alpha value is -3.54. The Morgan fingerprint density at radius 2 is 1.93 bits per heavy atom. The Balaban J connectivity index is 0.00000102. The summed E-state index contributed by atoms with van der Waals surface area (Å²) < 4.78 is 5.81. The van der Waals surface area contributed by atoms with Crippen LogP contribution in [0.1, 0.15) is 35.5 Å². The summed E-state index contributed by atoms with van der Waals surface area (Å²) in [6.07, 6.45) is 10.3. The molecule has 136 valence electrons. The van der Waals surface area contributed by atoms with Gasteiger partial charge in [0.2, 0.25) is 11.8 Å². The van der Waals surface area contributed by atoms with E-state index in [0.29, 0.717) is 11.5 Å². The Morgan fingerprint density at radius 1 is 1.11 bits per heavy atom. The van der Waals surface area contributed by atoms with Gasteiger partial charge in [-0.1, -0.05) is 38.1 Å². The number of allylic oxidation sites excluding steroid dienone is 3. The fourth-order valence-electron chi connectivity index (χ4n) is 2.71. The maximum absolute atomic E-state index is 11.1. The Kier molecular flexibility index (Phi) is 5.56. The van der Waals surface area contributed by atoms with Crippen molar-refractivity contribution in [3.05, 3.63) is 71.6 Å². The molecule has 27 heavy (non-hydrogen) atoms. The molecule has 4 rings (SSSR count). The highest BCUT2D eigenvalue weighted by atomic mass is 16.4. The summed E-state index contributed by atoms with van der Waals surface area (Å²) >= 11 is 0. The van der Waals surface area contributed by atoms with Crippen LogP contribution in [0.3, 0.4) is 0 Å². The number of carboxylic acid groups (broad SMARTS) is 1. The number of aromatic carboxylic acids is 1. The van der Waals surface area contributed by atoms with Crippen LogP contribution in [0.2, 0.25) is 0 Å². The van der Waals surface area contributed by atoms with Crippen LogP contribution >= 0.6 is 0 Å². The maximum Gasteiger partial charge on any atom is 0.335 e. The topological polar surface area (TPSA) is 89.1 Å². The van der Waals surface area contributed by atoms with Crippen molar-refractivity contribution in [2.24, 2.45) is 0 Å². The maximum atomic E-state index is 11.1. The first kappa shape index (κ1) is 18.3. The second kappa shape index (κ2) is 8.23. The highest BCUT2D eigenvalue weighted by Gasteiger charge is 2.17. The van der Waals surface area contributed by atoms with E-state index in [9.17, 15) is 4.79 Å². The highest BCUT2D eigenvalue weighted by Crippen LogP contribution is 2.29. The number of aromatic nitrogens is 3. The van der Waals surface area contributed by atoms with Gasteiger partial charge in [0.1, 0.15) is 0 Å². The molecule has 1 aromatic carbocycles. The molecule has 0 radical (unpaired) electrons. The van der Waals surface area contributed by atoms with Crippen LogP contribution in [0.4, 0.5) is 0 Å². The average Bonchev–Trinajstić information content (AvgIpc) is 3.07. The first-order chi connectivity index (χ1) is 13.2. The summed E-state index contributed by atoms with van der Waals surface area (Å²) in [6, 6.07) is 8.26. The van der Waals surface area contributed by atoms with Crippen LogP contribution in [0.25, 0.3) is 29.0 Å². The summed E-state index contributed by atoms with van der Waals surface area (Å²) in [5.74, 6) is -0.332. The molecule has 3 aromatic rings. The minimum absolute atomic E-state index is 0.172. The third kappa shape index (κ3) is 3.84. The van der Waals surface area contributed by atoms with Crippen molar-refractivity contribution in [1.29, 1.82) is 0 Å². The summed E-state index contributed by atoms with van der Waals surface area (Å²) in [5.41, 5.74) is 3.45. The number of carboxylic acids is 1. The fraction of sp³-hybridized carbons (Fsp3) is 0.143. The first-order valence-corrected chi connectivity index (χ1v) is 8.71. The predicted octanol–water partition coefficient (Wildman–Crippen LogP) is 4.65. The summed E-state index contributed by atoms with van der Waals surface area (Å²) in [6.45, 7) is 4.00. The summed E-state index contributed by atoms with van der Waals surface area (Å²) in [4.78, 5) is 15.5. The van der Waals surface area contributed by atoms with Crippen molar-refractivity contribution >= 4 is 12.0 Å². The fourth-order valence-corrected chi connectivity index (χ4v) is 2.71. The monoisotopic (exact) mass is 361 g/mol. The molecule has 6 nitrogen and oxygen atoms in total. The molecule has 1 aliphatic carbocycles. The number of carbonyl (C=O) groups is 1. The van der Waals surface area contributed by atoms with Gasteiger partial charge >= 0.3 is 5.97 Å². The molecule has 0 amide bonds. The molecule has 0 aliphatic heterocycles. The van der Waals surface area contributed by atoms with Crippen molar-refractivity contribution in [3.8, 4) is 22.9 Å². The third-order valence-corrected chi connectivity index (χ3v) is 3.92. The molecule has 6 heteroatoms. The lowest BCUT2D eigenvalue weighted by Gasteiger charge is -2.06. The Bertz CT molecular complexity index is 1020. The molecule has 0 unspecified atom stereocenters. The smallest absolute Gasteiger partial charge is 0.335 e. The van der Waals surface area contributed by atoms with Crippen LogP contribution in [0.5, 0.6) is 0 Å². The molecule has 1 aliphatic rings. The molecule has 2 heterocycles. The van der Waals surface area contributed by atoms with E-state index in [4.69, 9.17) is 9.52 Å². The molecule has 0 saturated heterocycles. The van der Waals surface area contributed by atoms with E-state index < -0.39 is 5.97 Å². The van der Waals surface area contributed by atoms with Gasteiger partial charge in [0.15, 0.2) is 0 Å². The lowest BCUT2D eigenvalue weighted by atomic mass is 10.0. The Labute approximate surface area is 156 Å². The summed E-state index contributed by atoms with van der Waals surface area (Å²) in [7, 11) is 0. The standard InChI is InChI=1S/C19H13N3O3.C2H6/c23-19(24)13-6-4-5-12(11-13)17-21-22-18(25-17)15-9-10-20-16-8-3-1-2-7-14(15)16;1-2/h1-6,8-11H,7H2,(H,23,24);1-2H3. The quantitative estimate of drug-likeness (QED) is 0.730. The zero-order chi connectivity index (χ0) is 19.2. The van der Waals surface area contributed by atoms with E-state index in [1.165, 1.54) is 12.1 Å². The lowest BCUT2D eigenvalue weighted by molar-refractivity contribution is 0.0697. The van der Waals surface area contributed by atoms with E-state index in [-0.39, 0.29) is 11.5 Å². The van der Waals surface area contributed by atoms with Crippen molar-refractivity contribution in [2.75, 3.05) is 0 Å². The number of nitrogens with zero attached hydrogens (tertiary/aromatic N) is 3. The molecular weight excluding hydrogens is 342 g/mol. The van der Waals surface area contributed by atoms with Crippen molar-refractivity contribution in [3.63, 3.8) is 0 Å². The molecule has 0 fully saturated rings. The van der Waals surface area contributed by atoms with Gasteiger partial charge in [-0.3, -0.25) is 4.98 Å². The number of pyridine rings is 1. The average molecular weight is 361 g/mol. The minimum Gasteiger partial charge on any atom is -0.478 e. The van der Waals surface area contributed by atoms with Crippen LogP contribution in [0, 0.1) is 0 Å². The van der Waals surface area contributed by atoms with Crippen molar-refractivity contribution in [2.45, 2.75) is 20.3 Å². The molecule has 0 bridgehead atoms. The zero-order valence-corrected chi connectivity index (χ0v) is 15.1. The van der Waals surface area contributed by atoms with E-state index >= 15 is 0 Å². The highest BCUT2D eigenvalue weighted by molar-refractivity contribution is 5.89. The molecule has 2 aromatic heterocycles. The van der Waals surface area contributed by atoms with Gasteiger partial charge in [0.25, 0.3) is 0 Å². The molecule has 0 saturated carbocycles. The molecule has 1 N–H and O–H groups in total. The SMILES string of the molecule is CC.O=C(O)c1cccc(-c2nnc(-c3ccnc4c3CC=CC=C4)o2)c1. The van der Waals surface area contributed by atoms with Crippen molar-refractivity contribution in [1.82, 2.24) is 15.2 Å². The molecule has 0 spiro atoms. The third-order valence-electron chi connectivity index (χ3n) is 3.92. The van der Waals surface area contributed by atoms with Gasteiger partial charge in [-0.25, -0.2) is 4.79 Å². The van der Waals surface area contributed by atoms with Crippen LogP contribution in [-0.2, 0) is 6.42 Å². The van der Waals surface area contributed by atoms with E-state index in [1.54, 1.807) is 18.3 Å². The van der Waals surface area contributed by atoms with Gasteiger partial charge in [-0.2, -0.15) is 0 Å². The number of hydrogen-bond donors (Lipinski definition) is 1. The van der Waals surface area contributed by atoms with Crippen molar-refractivity contribution < 1.29 is 14.3 Å². The number of benzene rings is 1. The van der Waals surface area contributed by atoms with E-state index in [1.807, 2.05) is 44.2 Å². The predicted molar refractivity (Wildman–Crippen MR) is 103 cm³/mol. The summed E-state index contributed by atoms with van der Waals surface area (Å²) in [5, 5.41) is 17.3. The van der Waals surface area contributed by atoms with E-state index in [0.717, 1.165) is 23.2 Å². The van der Waals surface area contributed by atoms with Crippen LogP contribution < -0.4 is 0 Å². The van der Waals surface area contributed by atoms with Crippen LogP contribution in [-0.4, -0.2) is 26.3 Å². The van der Waals surface area contributed by atoms with Gasteiger partial charge in [-0.05, 0) is 42.3 Å². The molecular formula is C21H19N3O3.